The number of hydrogen-bond donors (Lipinski definition) is 1. The number of carboxylic acid groups (broad SMARTS) is 1. The van der Waals surface area contributed by atoms with Crippen LogP contribution in [0.2, 0.25) is 0 Å². The van der Waals surface area contributed by atoms with Crippen molar-refractivity contribution in [2.45, 2.75) is 0 Å². The number of aromatic carboxylic acids is 1. The minimum absolute atomic E-state index is 0.0199. The van der Waals surface area contributed by atoms with Crippen LogP contribution < -0.4 is 4.74 Å². The van der Waals surface area contributed by atoms with Crippen LogP contribution in [-0.4, -0.2) is 18.2 Å². The average molecular weight is 256 g/mol. The van der Waals surface area contributed by atoms with Gasteiger partial charge in [0, 0.05) is 4.47 Å². The molecule has 0 amide bonds. The van der Waals surface area contributed by atoms with E-state index < -0.39 is 5.97 Å². The van der Waals surface area contributed by atoms with Crippen molar-refractivity contribution in [3.63, 3.8) is 0 Å². The number of halogens is 1. The molecule has 0 fully saturated rings. The Morgan fingerprint density at radius 1 is 1.64 bits per heavy atom. The number of carboxylic acids is 1. The number of rotatable bonds is 2. The summed E-state index contributed by atoms with van der Waals surface area (Å²) in [4.78, 5) is 10.8. The maximum atomic E-state index is 10.8. The van der Waals surface area contributed by atoms with Gasteiger partial charge in [0.05, 0.1) is 18.7 Å². The summed E-state index contributed by atoms with van der Waals surface area (Å²) in [6.45, 7) is 0. The van der Waals surface area contributed by atoms with Crippen LogP contribution >= 0.6 is 15.9 Å². The van der Waals surface area contributed by atoms with Crippen LogP contribution in [0.4, 0.5) is 0 Å². The number of ether oxygens (including phenoxy) is 1. The number of nitriles is 1. The summed E-state index contributed by atoms with van der Waals surface area (Å²) < 4.78 is 5.20. The molecule has 1 rings (SSSR count). The van der Waals surface area contributed by atoms with Gasteiger partial charge in [-0.2, -0.15) is 5.26 Å². The van der Waals surface area contributed by atoms with Gasteiger partial charge in [0.15, 0.2) is 0 Å². The summed E-state index contributed by atoms with van der Waals surface area (Å²) in [5.41, 5.74) is 0.366. The molecule has 0 saturated heterocycles. The molecule has 0 saturated carbocycles. The van der Waals surface area contributed by atoms with E-state index >= 15 is 0 Å². The van der Waals surface area contributed by atoms with Crippen LogP contribution in [0.3, 0.4) is 0 Å². The largest absolute Gasteiger partial charge is 0.496 e. The van der Waals surface area contributed by atoms with Gasteiger partial charge in [-0.15, -0.1) is 0 Å². The van der Waals surface area contributed by atoms with Crippen LogP contribution in [0.15, 0.2) is 16.6 Å². The Labute approximate surface area is 88.9 Å². The first-order valence-corrected chi connectivity index (χ1v) is 4.40. The van der Waals surface area contributed by atoms with E-state index in [4.69, 9.17) is 15.1 Å². The number of methoxy groups -OCH3 is 1. The SMILES string of the molecule is COc1cc(C#N)cc(Br)c1C(=O)O. The Hall–Kier alpha value is -1.54. The van der Waals surface area contributed by atoms with Crippen molar-refractivity contribution >= 4 is 21.9 Å². The molecule has 14 heavy (non-hydrogen) atoms. The standard InChI is InChI=1S/C9H6BrNO3/c1-14-7-3-5(4-11)2-6(10)8(7)9(12)13/h2-3H,1H3,(H,12,13). The summed E-state index contributed by atoms with van der Waals surface area (Å²) in [7, 11) is 1.36. The smallest absolute Gasteiger partial charge is 0.340 e. The van der Waals surface area contributed by atoms with E-state index in [1.54, 1.807) is 0 Å². The molecule has 0 spiro atoms. The normalized spacial score (nSPS) is 9.21. The lowest BCUT2D eigenvalue weighted by atomic mass is 10.1. The number of benzene rings is 1. The molecule has 1 aromatic rings. The fourth-order valence-electron chi connectivity index (χ4n) is 1.01. The van der Waals surface area contributed by atoms with Gasteiger partial charge >= 0.3 is 5.97 Å². The molecule has 0 bridgehead atoms. The first kappa shape index (κ1) is 10.5. The van der Waals surface area contributed by atoms with Gasteiger partial charge in [-0.3, -0.25) is 0 Å². The molecule has 0 aromatic heterocycles. The van der Waals surface area contributed by atoms with Gasteiger partial charge < -0.3 is 9.84 Å². The van der Waals surface area contributed by atoms with E-state index in [2.05, 4.69) is 15.9 Å². The number of carbonyl (C=O) groups is 1. The molecule has 0 radical (unpaired) electrons. The van der Waals surface area contributed by atoms with E-state index in [1.807, 2.05) is 6.07 Å². The van der Waals surface area contributed by atoms with Crippen LogP contribution in [0.25, 0.3) is 0 Å². The third-order valence-electron chi connectivity index (χ3n) is 1.62. The minimum Gasteiger partial charge on any atom is -0.496 e. The second kappa shape index (κ2) is 4.11. The van der Waals surface area contributed by atoms with Gasteiger partial charge in [-0.25, -0.2) is 4.79 Å². The first-order valence-electron chi connectivity index (χ1n) is 3.61. The summed E-state index contributed by atoms with van der Waals surface area (Å²) in [6, 6.07) is 4.73. The van der Waals surface area contributed by atoms with Gasteiger partial charge in [-0.05, 0) is 28.1 Å². The maximum Gasteiger partial charge on any atom is 0.340 e. The highest BCUT2D eigenvalue weighted by molar-refractivity contribution is 9.10. The van der Waals surface area contributed by atoms with Crippen molar-refractivity contribution in [3.8, 4) is 11.8 Å². The van der Waals surface area contributed by atoms with Crippen LogP contribution in [0.5, 0.6) is 5.75 Å². The molecule has 1 aromatic carbocycles. The molecule has 0 heterocycles. The average Bonchev–Trinajstić information content (AvgIpc) is 2.15. The molecule has 0 aliphatic rings. The lowest BCUT2D eigenvalue weighted by molar-refractivity contribution is 0.0692. The van der Waals surface area contributed by atoms with Crippen molar-refractivity contribution < 1.29 is 14.6 Å². The lowest BCUT2D eigenvalue weighted by Gasteiger charge is -2.06. The predicted octanol–water partition coefficient (Wildman–Crippen LogP) is 2.03. The fourth-order valence-corrected chi connectivity index (χ4v) is 1.63. The highest BCUT2D eigenvalue weighted by Gasteiger charge is 2.16. The second-order valence-electron chi connectivity index (χ2n) is 2.45. The molecule has 0 unspecified atom stereocenters. The minimum atomic E-state index is -1.10. The lowest BCUT2D eigenvalue weighted by Crippen LogP contribution is -2.02. The number of nitrogens with zero attached hydrogens (tertiary/aromatic N) is 1. The monoisotopic (exact) mass is 255 g/mol. The van der Waals surface area contributed by atoms with Crippen LogP contribution in [0, 0.1) is 11.3 Å². The fraction of sp³-hybridized carbons (Fsp3) is 0.111. The summed E-state index contributed by atoms with van der Waals surface area (Å²) in [5.74, 6) is -0.929. The van der Waals surface area contributed by atoms with E-state index in [0.29, 0.717) is 10.0 Å². The zero-order valence-corrected chi connectivity index (χ0v) is 8.83. The predicted molar refractivity (Wildman–Crippen MR) is 52.4 cm³/mol. The zero-order valence-electron chi connectivity index (χ0n) is 7.24. The molecular formula is C9H6BrNO3. The van der Waals surface area contributed by atoms with E-state index in [1.165, 1.54) is 19.2 Å². The maximum absolute atomic E-state index is 10.8. The molecule has 0 aliphatic heterocycles. The highest BCUT2D eigenvalue weighted by Crippen LogP contribution is 2.28. The van der Waals surface area contributed by atoms with Gasteiger partial charge in [0.2, 0.25) is 0 Å². The highest BCUT2D eigenvalue weighted by atomic mass is 79.9. The van der Waals surface area contributed by atoms with Crippen molar-refractivity contribution in [1.29, 1.82) is 5.26 Å². The Morgan fingerprint density at radius 2 is 2.29 bits per heavy atom. The second-order valence-corrected chi connectivity index (χ2v) is 3.31. The van der Waals surface area contributed by atoms with E-state index in [9.17, 15) is 4.79 Å². The van der Waals surface area contributed by atoms with Crippen molar-refractivity contribution in [2.75, 3.05) is 7.11 Å². The topological polar surface area (TPSA) is 70.3 Å². The van der Waals surface area contributed by atoms with Crippen LogP contribution in [0.1, 0.15) is 15.9 Å². The number of hydrogen-bond acceptors (Lipinski definition) is 3. The Balaban J connectivity index is 3.44. The summed E-state index contributed by atoms with van der Waals surface area (Å²) >= 11 is 3.07. The van der Waals surface area contributed by atoms with Gasteiger partial charge in [0.25, 0.3) is 0 Å². The Morgan fingerprint density at radius 3 is 2.71 bits per heavy atom. The van der Waals surface area contributed by atoms with Crippen molar-refractivity contribution in [1.82, 2.24) is 0 Å². The third-order valence-corrected chi connectivity index (χ3v) is 2.24. The summed E-state index contributed by atoms with van der Waals surface area (Å²) in [6.07, 6.45) is 0. The van der Waals surface area contributed by atoms with Crippen molar-refractivity contribution in [3.05, 3.63) is 27.7 Å². The molecular weight excluding hydrogens is 250 g/mol. The molecule has 0 atom stereocenters. The Kier molecular flexibility index (Phi) is 3.10. The van der Waals surface area contributed by atoms with Crippen molar-refractivity contribution in [2.24, 2.45) is 0 Å². The molecule has 72 valence electrons. The molecule has 5 heteroatoms. The quantitative estimate of drug-likeness (QED) is 0.878. The van der Waals surface area contributed by atoms with Crippen LogP contribution in [-0.2, 0) is 0 Å². The summed E-state index contributed by atoms with van der Waals surface area (Å²) in [5, 5.41) is 17.5. The Bertz CT molecular complexity index is 423. The third kappa shape index (κ3) is 1.86. The first-order chi connectivity index (χ1) is 6.60. The zero-order chi connectivity index (χ0) is 10.7. The van der Waals surface area contributed by atoms with Gasteiger partial charge in [0.1, 0.15) is 11.3 Å². The van der Waals surface area contributed by atoms with Gasteiger partial charge in [-0.1, -0.05) is 0 Å². The molecule has 4 nitrogen and oxygen atoms in total. The molecule has 1 N–H and O–H groups in total. The van der Waals surface area contributed by atoms with E-state index in [-0.39, 0.29) is 11.3 Å². The van der Waals surface area contributed by atoms with E-state index in [0.717, 1.165) is 0 Å². The molecule has 0 aliphatic carbocycles.